The number of halogens is 14. The van der Waals surface area contributed by atoms with Gasteiger partial charge < -0.3 is 5.32 Å². The van der Waals surface area contributed by atoms with Gasteiger partial charge in [-0.2, -0.15) is 65.5 Å². The van der Waals surface area contributed by atoms with Gasteiger partial charge in [0.25, 0.3) is 5.50 Å². The summed E-state index contributed by atoms with van der Waals surface area (Å²) in [5.41, 5.74) is -5.77. The lowest BCUT2D eigenvalue weighted by molar-refractivity contribution is -0.441. The molecule has 1 unspecified atom stereocenters. The van der Waals surface area contributed by atoms with Crippen molar-refractivity contribution < 1.29 is 74.4 Å². The molecule has 0 heterocycles. The topological polar surface area (TPSA) is 66.4 Å². The second-order valence-corrected chi connectivity index (χ2v) is 6.19. The number of hydrogen-bond donors (Lipinski definition) is 2. The van der Waals surface area contributed by atoms with Gasteiger partial charge >= 0.3 is 45.9 Å². The van der Waals surface area contributed by atoms with E-state index in [1.807, 2.05) is 14.1 Å². The van der Waals surface area contributed by atoms with Gasteiger partial charge in [0.05, 0.1) is 0 Å². The third kappa shape index (κ3) is 4.55. The molecule has 1 atom stereocenters. The van der Waals surface area contributed by atoms with Crippen molar-refractivity contribution in [2.45, 2.75) is 41.3 Å². The first-order chi connectivity index (χ1) is 11.8. The maximum absolute atomic E-state index is 12.9. The van der Waals surface area contributed by atoms with E-state index in [9.17, 15) is 69.9 Å². The van der Waals surface area contributed by atoms with Crippen LogP contribution < -0.4 is 5.32 Å². The fourth-order valence-corrected chi connectivity index (χ4v) is 1.63. The summed E-state index contributed by atoms with van der Waals surface area (Å²) < 4.78 is 202. The fraction of sp³-hybridized carbons (Fsp3) is 1.00. The molecule has 0 saturated heterocycles. The quantitative estimate of drug-likeness (QED) is 0.452. The van der Waals surface area contributed by atoms with E-state index in [4.69, 9.17) is 4.55 Å². The van der Waals surface area contributed by atoms with Gasteiger partial charge in [0.1, 0.15) is 0 Å². The van der Waals surface area contributed by atoms with Crippen molar-refractivity contribution in [1.82, 2.24) is 5.32 Å². The Kier molecular flexibility index (Phi) is 8.27. The molecule has 4 nitrogen and oxygen atoms in total. The number of nitrogens with one attached hydrogen (secondary N) is 1. The number of hydrogen-bond acceptors (Lipinski definition) is 3. The summed E-state index contributed by atoms with van der Waals surface area (Å²) in [7, 11) is -3.25. The van der Waals surface area contributed by atoms with E-state index in [-0.39, 0.29) is 0 Å². The second kappa shape index (κ2) is 7.96. The minimum absolute atomic E-state index is 1.88. The molecule has 0 spiro atoms. The highest BCUT2D eigenvalue weighted by Crippen LogP contribution is 2.61. The normalized spacial score (nSPS) is 16.3. The summed E-state index contributed by atoms with van der Waals surface area (Å²) >= 11 is 0. The number of alkyl halides is 14. The molecule has 0 aromatic carbocycles. The molecule has 0 amide bonds. The van der Waals surface area contributed by atoms with Gasteiger partial charge in [-0.05, 0) is 14.1 Å². The lowest BCUT2D eigenvalue weighted by Crippen LogP contribution is -2.71. The van der Waals surface area contributed by atoms with Crippen LogP contribution in [0.4, 0.5) is 61.5 Å². The molecular formula is C9H9F14NO3S. The SMILES string of the molecule is CNC.O=S(=O)(O)C(F)C(F)(F)C(F)(F)C(F)(F)C(F)(F)C(F)(F)C(F)(F)F. The summed E-state index contributed by atoms with van der Waals surface area (Å²) in [6, 6.07) is 0. The van der Waals surface area contributed by atoms with Crippen molar-refractivity contribution in [1.29, 1.82) is 0 Å². The predicted octanol–water partition coefficient (Wildman–Crippen LogP) is 3.74. The fourth-order valence-electron chi connectivity index (χ4n) is 1.11. The van der Waals surface area contributed by atoms with Gasteiger partial charge in [0.2, 0.25) is 0 Å². The maximum Gasteiger partial charge on any atom is 0.460 e. The molecule has 0 rings (SSSR count). The van der Waals surface area contributed by atoms with E-state index >= 15 is 0 Å². The lowest BCUT2D eigenvalue weighted by atomic mass is 9.94. The second-order valence-electron chi connectivity index (χ2n) is 4.75. The average molecular weight is 477 g/mol. The van der Waals surface area contributed by atoms with E-state index in [1.54, 1.807) is 0 Å². The minimum atomic E-state index is -8.34. The summed E-state index contributed by atoms with van der Waals surface area (Å²) in [5, 5.41) is 2.75. The van der Waals surface area contributed by atoms with Gasteiger partial charge in [0, 0.05) is 0 Å². The monoisotopic (exact) mass is 477 g/mol. The highest BCUT2D eigenvalue weighted by molar-refractivity contribution is 7.86. The predicted molar refractivity (Wildman–Crippen MR) is 62.2 cm³/mol. The van der Waals surface area contributed by atoms with Crippen molar-refractivity contribution in [2.75, 3.05) is 14.1 Å². The third-order valence-electron chi connectivity index (χ3n) is 2.50. The molecule has 0 bridgehead atoms. The van der Waals surface area contributed by atoms with E-state index < -0.39 is 51.4 Å². The van der Waals surface area contributed by atoms with Crippen LogP contribution in [-0.4, -0.2) is 68.4 Å². The van der Waals surface area contributed by atoms with Crippen LogP contribution >= 0.6 is 0 Å². The molecule has 19 heteroatoms. The zero-order valence-corrected chi connectivity index (χ0v) is 13.9. The first kappa shape index (κ1) is 29.1. The van der Waals surface area contributed by atoms with E-state index in [2.05, 4.69) is 5.32 Å². The molecule has 172 valence electrons. The minimum Gasteiger partial charge on any atom is -0.323 e. The van der Waals surface area contributed by atoms with Crippen molar-refractivity contribution in [2.24, 2.45) is 0 Å². The third-order valence-corrected chi connectivity index (χ3v) is 3.32. The Bertz CT molecular complexity index is 628. The molecule has 0 aromatic heterocycles. The van der Waals surface area contributed by atoms with Crippen LogP contribution in [-0.2, 0) is 10.1 Å². The molecule has 0 radical (unpaired) electrons. The van der Waals surface area contributed by atoms with Gasteiger partial charge in [-0.25, -0.2) is 4.39 Å². The highest BCUT2D eigenvalue weighted by Gasteiger charge is 2.92. The Balaban J connectivity index is 0. The van der Waals surface area contributed by atoms with Crippen LogP contribution in [0.5, 0.6) is 0 Å². The largest absolute Gasteiger partial charge is 0.460 e. The van der Waals surface area contributed by atoms with Crippen molar-refractivity contribution in [3.05, 3.63) is 0 Å². The van der Waals surface area contributed by atoms with Crippen LogP contribution in [0.1, 0.15) is 0 Å². The average Bonchev–Trinajstić information content (AvgIpc) is 2.44. The first-order valence-electron chi connectivity index (χ1n) is 5.97. The Morgan fingerprint density at radius 1 is 0.679 bits per heavy atom. The molecule has 0 aliphatic rings. The molecule has 28 heavy (non-hydrogen) atoms. The summed E-state index contributed by atoms with van der Waals surface area (Å²) in [6.07, 6.45) is -7.65. The summed E-state index contributed by atoms with van der Waals surface area (Å²) in [5.74, 6) is -40.3. The van der Waals surface area contributed by atoms with Crippen LogP contribution in [0.15, 0.2) is 0 Å². The van der Waals surface area contributed by atoms with Crippen LogP contribution in [0.2, 0.25) is 0 Å². The molecule has 2 N–H and O–H groups in total. The van der Waals surface area contributed by atoms with Gasteiger partial charge in [-0.15, -0.1) is 0 Å². The Morgan fingerprint density at radius 2 is 0.929 bits per heavy atom. The Hall–Kier alpha value is -1.11. The van der Waals surface area contributed by atoms with Crippen LogP contribution in [0.3, 0.4) is 0 Å². The van der Waals surface area contributed by atoms with E-state index in [1.165, 1.54) is 0 Å². The van der Waals surface area contributed by atoms with Crippen molar-refractivity contribution >= 4 is 10.1 Å². The smallest absolute Gasteiger partial charge is 0.323 e. The van der Waals surface area contributed by atoms with E-state index in [0.29, 0.717) is 0 Å². The standard InChI is InChI=1S/C7H2F14O3S.C2H7N/c8-1(25(22,23)24)2(9,10)3(11,12)4(13,14)5(15,16)6(17,18)7(19,20)21;1-3-2/h1H,(H,22,23,24);3H,1-2H3. The van der Waals surface area contributed by atoms with Crippen LogP contribution in [0.25, 0.3) is 0 Å². The molecule has 0 aliphatic carbocycles. The Morgan fingerprint density at radius 3 is 1.14 bits per heavy atom. The molecule has 0 fully saturated rings. The van der Waals surface area contributed by atoms with E-state index in [0.717, 1.165) is 0 Å². The first-order valence-corrected chi connectivity index (χ1v) is 7.47. The molecule has 0 aromatic rings. The van der Waals surface area contributed by atoms with Crippen molar-refractivity contribution in [3.8, 4) is 0 Å². The summed E-state index contributed by atoms with van der Waals surface area (Å²) in [6.45, 7) is 0. The van der Waals surface area contributed by atoms with Gasteiger partial charge in [-0.3, -0.25) is 4.55 Å². The molecular weight excluding hydrogens is 468 g/mol. The summed E-state index contributed by atoms with van der Waals surface area (Å²) in [4.78, 5) is 0. The highest BCUT2D eigenvalue weighted by atomic mass is 32.2. The van der Waals surface area contributed by atoms with Gasteiger partial charge in [-0.1, -0.05) is 0 Å². The zero-order chi connectivity index (χ0) is 23.8. The number of rotatable bonds is 6. The lowest BCUT2D eigenvalue weighted by Gasteiger charge is -2.39. The van der Waals surface area contributed by atoms with Crippen molar-refractivity contribution in [3.63, 3.8) is 0 Å². The Labute approximate surface area is 146 Å². The molecule has 0 saturated carbocycles. The maximum atomic E-state index is 12.9. The molecule has 0 aliphatic heterocycles. The van der Waals surface area contributed by atoms with Crippen LogP contribution in [0, 0.1) is 0 Å². The van der Waals surface area contributed by atoms with Gasteiger partial charge in [0.15, 0.2) is 0 Å². The zero-order valence-electron chi connectivity index (χ0n) is 13.0.